The van der Waals surface area contributed by atoms with E-state index < -0.39 is 9.84 Å². The number of sulfone groups is 1. The predicted molar refractivity (Wildman–Crippen MR) is 102 cm³/mol. The summed E-state index contributed by atoms with van der Waals surface area (Å²) in [5, 5.41) is 5.85. The van der Waals surface area contributed by atoms with Gasteiger partial charge in [-0.2, -0.15) is 0 Å². The Kier molecular flexibility index (Phi) is 5.90. The third-order valence-corrected chi connectivity index (χ3v) is 6.07. The Balaban J connectivity index is 1.48. The van der Waals surface area contributed by atoms with Crippen LogP contribution in [0.25, 0.3) is 0 Å². The predicted octanol–water partition coefficient (Wildman–Crippen LogP) is 1.06. The van der Waals surface area contributed by atoms with Crippen molar-refractivity contribution >= 4 is 21.6 Å². The van der Waals surface area contributed by atoms with Gasteiger partial charge in [0, 0.05) is 12.6 Å². The number of anilines is 1. The summed E-state index contributed by atoms with van der Waals surface area (Å²) in [6.07, 6.45) is 4.05. The zero-order chi connectivity index (χ0) is 19.3. The fraction of sp³-hybridized carbons (Fsp3) is 0.389. The van der Waals surface area contributed by atoms with Crippen LogP contribution in [0.2, 0.25) is 0 Å². The summed E-state index contributed by atoms with van der Waals surface area (Å²) >= 11 is 0. The molecule has 2 aromatic rings. The van der Waals surface area contributed by atoms with Crippen molar-refractivity contribution in [3.8, 4) is 5.75 Å². The molecule has 1 unspecified atom stereocenters. The molecule has 0 spiro atoms. The first kappa shape index (κ1) is 19.1. The Bertz CT molecular complexity index is 900. The highest BCUT2D eigenvalue weighted by Crippen LogP contribution is 2.16. The van der Waals surface area contributed by atoms with Crippen molar-refractivity contribution in [2.75, 3.05) is 30.5 Å². The Morgan fingerprint density at radius 2 is 2.15 bits per heavy atom. The van der Waals surface area contributed by atoms with Gasteiger partial charge in [0.2, 0.25) is 0 Å². The molecule has 0 radical (unpaired) electrons. The molecule has 27 heavy (non-hydrogen) atoms. The first-order chi connectivity index (χ1) is 12.9. The highest BCUT2D eigenvalue weighted by atomic mass is 32.2. The van der Waals surface area contributed by atoms with E-state index in [0.717, 1.165) is 11.3 Å². The number of methoxy groups -OCH3 is 1. The summed E-state index contributed by atoms with van der Waals surface area (Å²) in [5.41, 5.74) is 1.28. The van der Waals surface area contributed by atoms with Gasteiger partial charge in [0.1, 0.15) is 17.3 Å². The number of carbonyl (C=O) groups is 1. The molecular weight excluding hydrogens is 368 g/mol. The van der Waals surface area contributed by atoms with Gasteiger partial charge in [0.25, 0.3) is 5.91 Å². The number of carbonyl (C=O) groups excluding carboxylic acids is 1. The minimum Gasteiger partial charge on any atom is -0.497 e. The van der Waals surface area contributed by atoms with Gasteiger partial charge >= 0.3 is 0 Å². The lowest BCUT2D eigenvalue weighted by atomic mass is 10.1. The summed E-state index contributed by atoms with van der Waals surface area (Å²) < 4.78 is 28.1. The molecule has 144 valence electrons. The quantitative estimate of drug-likeness (QED) is 0.727. The van der Waals surface area contributed by atoms with Gasteiger partial charge in [-0.1, -0.05) is 12.1 Å². The number of amides is 1. The molecule has 1 saturated heterocycles. The zero-order valence-corrected chi connectivity index (χ0v) is 15.8. The second-order valence-electron chi connectivity index (χ2n) is 6.39. The number of hydrogen-bond donors (Lipinski definition) is 2. The van der Waals surface area contributed by atoms with Crippen LogP contribution in [0.15, 0.2) is 36.7 Å². The molecule has 0 bridgehead atoms. The van der Waals surface area contributed by atoms with E-state index in [-0.39, 0.29) is 29.1 Å². The maximum absolute atomic E-state index is 12.2. The Morgan fingerprint density at radius 3 is 2.81 bits per heavy atom. The van der Waals surface area contributed by atoms with Gasteiger partial charge in [-0.15, -0.1) is 0 Å². The number of benzene rings is 1. The molecule has 1 fully saturated rings. The van der Waals surface area contributed by atoms with Crippen molar-refractivity contribution in [1.82, 2.24) is 15.3 Å². The van der Waals surface area contributed by atoms with E-state index in [1.807, 2.05) is 24.3 Å². The van der Waals surface area contributed by atoms with Gasteiger partial charge < -0.3 is 15.4 Å². The third kappa shape index (κ3) is 5.40. The molecule has 9 heteroatoms. The highest BCUT2D eigenvalue weighted by Gasteiger charge is 2.27. The SMILES string of the molecule is COc1cccc(CCNC(=O)c2cnc(NC3CCS(=O)(=O)C3)cn2)c1. The van der Waals surface area contributed by atoms with E-state index in [0.29, 0.717) is 25.2 Å². The van der Waals surface area contributed by atoms with Crippen LogP contribution in [0.3, 0.4) is 0 Å². The fourth-order valence-corrected chi connectivity index (χ4v) is 4.55. The number of hydrogen-bond acceptors (Lipinski definition) is 7. The molecule has 1 aromatic carbocycles. The maximum atomic E-state index is 12.2. The summed E-state index contributed by atoms with van der Waals surface area (Å²) in [6.45, 7) is 0.466. The molecule has 3 rings (SSSR count). The number of rotatable bonds is 7. The average Bonchev–Trinajstić information content (AvgIpc) is 3.00. The standard InChI is InChI=1S/C18H22N4O4S/c1-26-15-4-2-3-13(9-15)5-7-19-18(23)16-10-21-17(11-20-16)22-14-6-8-27(24,25)12-14/h2-4,9-11,14H,5-8,12H2,1H3,(H,19,23)(H,21,22). The third-order valence-electron chi connectivity index (χ3n) is 4.30. The summed E-state index contributed by atoms with van der Waals surface area (Å²) in [6, 6.07) is 7.51. The lowest BCUT2D eigenvalue weighted by molar-refractivity contribution is 0.0949. The molecule has 2 heterocycles. The van der Waals surface area contributed by atoms with Gasteiger partial charge in [-0.25, -0.2) is 18.4 Å². The molecule has 1 atom stereocenters. The van der Waals surface area contributed by atoms with Gasteiger partial charge in [0.15, 0.2) is 9.84 Å². The number of nitrogens with zero attached hydrogens (tertiary/aromatic N) is 2. The van der Waals surface area contributed by atoms with Crippen LogP contribution in [-0.2, 0) is 16.3 Å². The number of nitrogens with one attached hydrogen (secondary N) is 2. The number of aromatic nitrogens is 2. The minimum absolute atomic E-state index is 0.0984. The van der Waals surface area contributed by atoms with E-state index in [9.17, 15) is 13.2 Å². The van der Waals surface area contributed by atoms with Crippen LogP contribution in [0.5, 0.6) is 5.75 Å². The molecule has 2 N–H and O–H groups in total. The van der Waals surface area contributed by atoms with Crippen molar-refractivity contribution < 1.29 is 17.9 Å². The second-order valence-corrected chi connectivity index (χ2v) is 8.62. The Morgan fingerprint density at radius 1 is 1.30 bits per heavy atom. The van der Waals surface area contributed by atoms with E-state index in [2.05, 4.69) is 20.6 Å². The molecule has 8 nitrogen and oxygen atoms in total. The molecule has 0 aliphatic carbocycles. The maximum Gasteiger partial charge on any atom is 0.271 e. The zero-order valence-electron chi connectivity index (χ0n) is 15.0. The topological polar surface area (TPSA) is 110 Å². The monoisotopic (exact) mass is 390 g/mol. The second kappa shape index (κ2) is 8.34. The molecule has 1 aromatic heterocycles. The first-order valence-corrected chi connectivity index (χ1v) is 10.5. The van der Waals surface area contributed by atoms with E-state index in [1.165, 1.54) is 12.4 Å². The van der Waals surface area contributed by atoms with Crippen molar-refractivity contribution in [2.45, 2.75) is 18.9 Å². The Labute approximate surface area is 158 Å². The van der Waals surface area contributed by atoms with E-state index in [1.54, 1.807) is 7.11 Å². The summed E-state index contributed by atoms with van der Waals surface area (Å²) in [7, 11) is -1.34. The lowest BCUT2D eigenvalue weighted by Gasteiger charge is -2.11. The van der Waals surface area contributed by atoms with Crippen LogP contribution in [0.4, 0.5) is 5.82 Å². The summed E-state index contributed by atoms with van der Waals surface area (Å²) in [4.78, 5) is 20.4. The normalized spacial score (nSPS) is 18.0. The van der Waals surface area contributed by atoms with Crippen LogP contribution < -0.4 is 15.4 Å². The van der Waals surface area contributed by atoms with Crippen molar-refractivity contribution in [2.24, 2.45) is 0 Å². The molecule has 1 amide bonds. The van der Waals surface area contributed by atoms with Crippen molar-refractivity contribution in [3.63, 3.8) is 0 Å². The van der Waals surface area contributed by atoms with Crippen LogP contribution in [0, 0.1) is 0 Å². The average molecular weight is 390 g/mol. The van der Waals surface area contributed by atoms with Gasteiger partial charge in [-0.3, -0.25) is 4.79 Å². The molecule has 1 aliphatic rings. The van der Waals surface area contributed by atoms with Crippen LogP contribution in [0.1, 0.15) is 22.5 Å². The first-order valence-electron chi connectivity index (χ1n) is 8.65. The highest BCUT2D eigenvalue weighted by molar-refractivity contribution is 7.91. The van der Waals surface area contributed by atoms with Gasteiger partial charge in [-0.05, 0) is 30.5 Å². The van der Waals surface area contributed by atoms with E-state index >= 15 is 0 Å². The van der Waals surface area contributed by atoms with E-state index in [4.69, 9.17) is 4.74 Å². The van der Waals surface area contributed by atoms with Crippen molar-refractivity contribution in [1.29, 1.82) is 0 Å². The molecule has 1 aliphatic heterocycles. The fourth-order valence-electron chi connectivity index (χ4n) is 2.88. The molecule has 0 saturated carbocycles. The van der Waals surface area contributed by atoms with Crippen LogP contribution in [-0.4, -0.2) is 55.5 Å². The van der Waals surface area contributed by atoms with Gasteiger partial charge in [0.05, 0.1) is 31.0 Å². The molecular formula is C18H22N4O4S. The van der Waals surface area contributed by atoms with Crippen LogP contribution >= 0.6 is 0 Å². The smallest absolute Gasteiger partial charge is 0.271 e. The lowest BCUT2D eigenvalue weighted by Crippen LogP contribution is -2.27. The summed E-state index contributed by atoms with van der Waals surface area (Å²) in [5.74, 6) is 1.22. The Hall–Kier alpha value is -2.68. The minimum atomic E-state index is -2.96. The number of ether oxygens (including phenoxy) is 1. The largest absolute Gasteiger partial charge is 0.497 e. The van der Waals surface area contributed by atoms with Crippen molar-refractivity contribution in [3.05, 3.63) is 47.9 Å².